The number of benzene rings is 1. The standard InChI is InChI=1S/C21H24N2OS/c1-3-6-17-9-11-18(12-10-17)21(24)23(16-20-8-5-14-25-20)15-19-7-4-13-22(19)2/h4-5,7-14H,3,6,15-16H2,1-2H3. The lowest BCUT2D eigenvalue weighted by Gasteiger charge is -2.23. The van der Waals surface area contributed by atoms with Crippen molar-refractivity contribution in [2.75, 3.05) is 0 Å². The second-order valence-corrected chi connectivity index (χ2v) is 7.33. The Morgan fingerprint density at radius 3 is 2.48 bits per heavy atom. The van der Waals surface area contributed by atoms with Crippen LogP contribution < -0.4 is 0 Å². The third-order valence-corrected chi connectivity index (χ3v) is 5.22. The van der Waals surface area contributed by atoms with Crippen molar-refractivity contribution >= 4 is 17.2 Å². The fourth-order valence-corrected chi connectivity index (χ4v) is 3.65. The molecule has 0 bridgehead atoms. The van der Waals surface area contributed by atoms with Gasteiger partial charge in [0.05, 0.1) is 13.1 Å². The summed E-state index contributed by atoms with van der Waals surface area (Å²) in [6.45, 7) is 3.41. The molecule has 0 aliphatic carbocycles. The van der Waals surface area contributed by atoms with E-state index in [1.807, 2.05) is 42.4 Å². The number of aromatic nitrogens is 1. The van der Waals surface area contributed by atoms with Gasteiger partial charge in [0.2, 0.25) is 0 Å². The molecule has 130 valence electrons. The van der Waals surface area contributed by atoms with Gasteiger partial charge >= 0.3 is 0 Å². The van der Waals surface area contributed by atoms with Crippen LogP contribution in [0.3, 0.4) is 0 Å². The molecule has 0 atom stereocenters. The summed E-state index contributed by atoms with van der Waals surface area (Å²) in [5.74, 6) is 0.0812. The van der Waals surface area contributed by atoms with E-state index in [0.717, 1.165) is 24.1 Å². The molecule has 3 nitrogen and oxygen atoms in total. The highest BCUT2D eigenvalue weighted by Crippen LogP contribution is 2.18. The van der Waals surface area contributed by atoms with E-state index in [1.165, 1.54) is 10.4 Å². The first-order chi connectivity index (χ1) is 12.2. The summed E-state index contributed by atoms with van der Waals surface area (Å²) in [5.41, 5.74) is 3.17. The fourth-order valence-electron chi connectivity index (χ4n) is 2.93. The largest absolute Gasteiger partial charge is 0.353 e. The van der Waals surface area contributed by atoms with Crippen molar-refractivity contribution in [3.05, 3.63) is 81.8 Å². The number of aryl methyl sites for hydroxylation is 2. The Morgan fingerprint density at radius 1 is 1.08 bits per heavy atom. The Balaban J connectivity index is 1.81. The van der Waals surface area contributed by atoms with Gasteiger partial charge in [0.1, 0.15) is 0 Å². The van der Waals surface area contributed by atoms with Crippen LogP contribution in [-0.2, 0) is 26.6 Å². The van der Waals surface area contributed by atoms with Gasteiger partial charge in [-0.05, 0) is 47.7 Å². The van der Waals surface area contributed by atoms with Gasteiger partial charge in [-0.25, -0.2) is 0 Å². The first-order valence-corrected chi connectivity index (χ1v) is 9.56. The lowest BCUT2D eigenvalue weighted by Crippen LogP contribution is -2.30. The van der Waals surface area contributed by atoms with Gasteiger partial charge in [0.25, 0.3) is 5.91 Å². The predicted molar refractivity (Wildman–Crippen MR) is 104 cm³/mol. The molecule has 0 aliphatic rings. The van der Waals surface area contributed by atoms with Crippen LogP contribution in [0.4, 0.5) is 0 Å². The summed E-state index contributed by atoms with van der Waals surface area (Å²) in [4.78, 5) is 16.2. The molecular weight excluding hydrogens is 328 g/mol. The fraction of sp³-hybridized carbons (Fsp3) is 0.286. The first kappa shape index (κ1) is 17.5. The zero-order valence-corrected chi connectivity index (χ0v) is 15.6. The van der Waals surface area contributed by atoms with E-state index in [2.05, 4.69) is 41.1 Å². The Hall–Kier alpha value is -2.33. The zero-order valence-electron chi connectivity index (χ0n) is 14.8. The maximum Gasteiger partial charge on any atom is 0.254 e. The maximum absolute atomic E-state index is 13.1. The molecular formula is C21H24N2OS. The second-order valence-electron chi connectivity index (χ2n) is 6.30. The summed E-state index contributed by atoms with van der Waals surface area (Å²) >= 11 is 1.69. The normalized spacial score (nSPS) is 10.8. The van der Waals surface area contributed by atoms with Crippen LogP contribution in [0.15, 0.2) is 60.1 Å². The highest BCUT2D eigenvalue weighted by atomic mass is 32.1. The number of carbonyl (C=O) groups is 1. The smallest absolute Gasteiger partial charge is 0.254 e. The molecule has 25 heavy (non-hydrogen) atoms. The van der Waals surface area contributed by atoms with E-state index in [-0.39, 0.29) is 5.91 Å². The van der Waals surface area contributed by atoms with Crippen molar-refractivity contribution in [1.29, 1.82) is 0 Å². The van der Waals surface area contributed by atoms with Gasteiger partial charge < -0.3 is 9.47 Å². The molecule has 0 N–H and O–H groups in total. The summed E-state index contributed by atoms with van der Waals surface area (Å²) in [6, 6.07) is 16.3. The minimum Gasteiger partial charge on any atom is -0.353 e. The van der Waals surface area contributed by atoms with Crippen LogP contribution in [0.25, 0.3) is 0 Å². The second kappa shape index (κ2) is 8.17. The number of carbonyl (C=O) groups excluding carboxylic acids is 1. The average Bonchev–Trinajstić information content (AvgIpc) is 3.27. The Labute approximate surface area is 153 Å². The molecule has 3 rings (SSSR count). The molecule has 0 spiro atoms. The number of thiophene rings is 1. The van der Waals surface area contributed by atoms with E-state index in [9.17, 15) is 4.79 Å². The molecule has 0 radical (unpaired) electrons. The van der Waals surface area contributed by atoms with E-state index in [4.69, 9.17) is 0 Å². The topological polar surface area (TPSA) is 25.2 Å². The highest BCUT2D eigenvalue weighted by molar-refractivity contribution is 7.09. The lowest BCUT2D eigenvalue weighted by atomic mass is 10.1. The Kier molecular flexibility index (Phi) is 5.71. The quantitative estimate of drug-likeness (QED) is 0.595. The number of hydrogen-bond donors (Lipinski definition) is 0. The molecule has 0 unspecified atom stereocenters. The van der Waals surface area contributed by atoms with E-state index < -0.39 is 0 Å². The van der Waals surface area contributed by atoms with Gasteiger partial charge in [0, 0.05) is 29.4 Å². The van der Waals surface area contributed by atoms with E-state index >= 15 is 0 Å². The molecule has 2 aromatic heterocycles. The van der Waals surface area contributed by atoms with Crippen molar-refractivity contribution < 1.29 is 4.79 Å². The molecule has 1 amide bonds. The summed E-state index contributed by atoms with van der Waals surface area (Å²) < 4.78 is 2.07. The monoisotopic (exact) mass is 352 g/mol. The van der Waals surface area contributed by atoms with Gasteiger partial charge in [-0.15, -0.1) is 11.3 Å². The minimum atomic E-state index is 0.0812. The van der Waals surface area contributed by atoms with Crippen LogP contribution in [0, 0.1) is 0 Å². The summed E-state index contributed by atoms with van der Waals surface area (Å²) in [5, 5.41) is 2.06. The zero-order chi connectivity index (χ0) is 17.6. The van der Waals surface area contributed by atoms with Crippen LogP contribution in [0.1, 0.15) is 39.8 Å². The molecule has 0 saturated carbocycles. The SMILES string of the molecule is CCCc1ccc(C(=O)N(Cc2cccs2)Cc2cccn2C)cc1. The Morgan fingerprint density at radius 2 is 1.88 bits per heavy atom. The molecule has 1 aromatic carbocycles. The third-order valence-electron chi connectivity index (χ3n) is 4.36. The summed E-state index contributed by atoms with van der Waals surface area (Å²) in [7, 11) is 2.02. The van der Waals surface area contributed by atoms with Gasteiger partial charge in [-0.1, -0.05) is 31.5 Å². The van der Waals surface area contributed by atoms with Crippen molar-refractivity contribution in [3.63, 3.8) is 0 Å². The van der Waals surface area contributed by atoms with Crippen LogP contribution in [0.5, 0.6) is 0 Å². The molecule has 0 fully saturated rings. The maximum atomic E-state index is 13.1. The molecule has 4 heteroatoms. The van der Waals surface area contributed by atoms with Crippen LogP contribution >= 0.6 is 11.3 Å². The predicted octanol–water partition coefficient (Wildman–Crippen LogP) is 4.88. The van der Waals surface area contributed by atoms with Crippen molar-refractivity contribution in [2.24, 2.45) is 7.05 Å². The van der Waals surface area contributed by atoms with E-state index in [1.54, 1.807) is 11.3 Å². The van der Waals surface area contributed by atoms with Crippen molar-refractivity contribution in [1.82, 2.24) is 9.47 Å². The van der Waals surface area contributed by atoms with Gasteiger partial charge in [-0.3, -0.25) is 4.79 Å². The highest BCUT2D eigenvalue weighted by Gasteiger charge is 2.18. The Bertz CT molecular complexity index is 803. The summed E-state index contributed by atoms with van der Waals surface area (Å²) in [6.07, 6.45) is 4.19. The number of rotatable bonds is 7. The van der Waals surface area contributed by atoms with Crippen LogP contribution in [-0.4, -0.2) is 15.4 Å². The van der Waals surface area contributed by atoms with Crippen LogP contribution in [0.2, 0.25) is 0 Å². The molecule has 0 aliphatic heterocycles. The van der Waals surface area contributed by atoms with Crippen molar-refractivity contribution in [2.45, 2.75) is 32.9 Å². The number of hydrogen-bond acceptors (Lipinski definition) is 2. The average molecular weight is 353 g/mol. The minimum absolute atomic E-state index is 0.0812. The van der Waals surface area contributed by atoms with Gasteiger partial charge in [-0.2, -0.15) is 0 Å². The number of amides is 1. The lowest BCUT2D eigenvalue weighted by molar-refractivity contribution is 0.0728. The molecule has 3 aromatic rings. The molecule has 0 saturated heterocycles. The number of nitrogens with zero attached hydrogens (tertiary/aromatic N) is 2. The van der Waals surface area contributed by atoms with Crippen molar-refractivity contribution in [3.8, 4) is 0 Å². The van der Waals surface area contributed by atoms with E-state index in [0.29, 0.717) is 13.1 Å². The third kappa shape index (κ3) is 4.40. The van der Waals surface area contributed by atoms with Gasteiger partial charge in [0.15, 0.2) is 0 Å². The first-order valence-electron chi connectivity index (χ1n) is 8.68. The molecule has 2 heterocycles.